The molecular weight excluding hydrogens is 342 g/mol. The fourth-order valence-corrected chi connectivity index (χ4v) is 5.10. The standard InChI is InChI=1S/C25H39N3/c1-5-6-13-27-14-16-28(17-15-27)24-18-20(19-26)7-12-23(24)21-8-10-22(11-9-21)25(2,3)4/h7,12,18,21-22H,5-6,8-11,13-17H2,1-4H3/t21-,22-. The minimum absolute atomic E-state index is 0.424. The number of nitriles is 1. The molecule has 0 atom stereocenters. The van der Waals surface area contributed by atoms with Crippen LogP contribution in [-0.2, 0) is 0 Å². The quantitative estimate of drug-likeness (QED) is 0.645. The molecule has 154 valence electrons. The van der Waals surface area contributed by atoms with Crippen molar-refractivity contribution in [2.75, 3.05) is 37.6 Å². The SMILES string of the molecule is CCCCN1CCN(c2cc(C#N)ccc2[C@H]2CC[C@H](C(C)(C)C)CC2)CC1. The van der Waals surface area contributed by atoms with E-state index in [0.717, 1.165) is 37.7 Å². The van der Waals surface area contributed by atoms with Gasteiger partial charge in [-0.25, -0.2) is 0 Å². The normalized spacial score (nSPS) is 24.2. The molecule has 0 N–H and O–H groups in total. The highest BCUT2D eigenvalue weighted by molar-refractivity contribution is 5.59. The molecule has 3 nitrogen and oxygen atoms in total. The average molecular weight is 382 g/mol. The van der Waals surface area contributed by atoms with E-state index >= 15 is 0 Å². The van der Waals surface area contributed by atoms with E-state index in [9.17, 15) is 5.26 Å². The van der Waals surface area contributed by atoms with Crippen LogP contribution in [0.5, 0.6) is 0 Å². The van der Waals surface area contributed by atoms with E-state index in [2.05, 4.69) is 55.7 Å². The molecule has 3 heteroatoms. The number of unbranched alkanes of at least 4 members (excludes halogenated alkanes) is 1. The Hall–Kier alpha value is -1.53. The minimum Gasteiger partial charge on any atom is -0.369 e. The van der Waals surface area contributed by atoms with Gasteiger partial charge in [0.25, 0.3) is 0 Å². The topological polar surface area (TPSA) is 30.3 Å². The number of piperazine rings is 1. The molecule has 2 aliphatic rings. The van der Waals surface area contributed by atoms with Crippen molar-refractivity contribution >= 4 is 5.69 Å². The van der Waals surface area contributed by atoms with Gasteiger partial charge in [-0.15, -0.1) is 0 Å². The van der Waals surface area contributed by atoms with Crippen LogP contribution in [0.2, 0.25) is 0 Å². The molecule has 0 unspecified atom stereocenters. The smallest absolute Gasteiger partial charge is 0.0992 e. The van der Waals surface area contributed by atoms with Crippen LogP contribution in [0.4, 0.5) is 5.69 Å². The summed E-state index contributed by atoms with van der Waals surface area (Å²) in [7, 11) is 0. The van der Waals surface area contributed by atoms with Crippen LogP contribution in [0, 0.1) is 22.7 Å². The maximum atomic E-state index is 9.45. The Morgan fingerprint density at radius 2 is 1.71 bits per heavy atom. The third-order valence-corrected chi connectivity index (χ3v) is 7.09. The number of rotatable bonds is 5. The molecular formula is C25H39N3. The second-order valence-electron chi connectivity index (χ2n) is 9.98. The van der Waals surface area contributed by atoms with Crippen molar-refractivity contribution in [3.05, 3.63) is 29.3 Å². The maximum absolute atomic E-state index is 9.45. The summed E-state index contributed by atoms with van der Waals surface area (Å²) in [6, 6.07) is 8.82. The van der Waals surface area contributed by atoms with Gasteiger partial charge >= 0.3 is 0 Å². The van der Waals surface area contributed by atoms with Gasteiger partial charge < -0.3 is 4.90 Å². The summed E-state index contributed by atoms with van der Waals surface area (Å²) >= 11 is 0. The van der Waals surface area contributed by atoms with Crippen molar-refractivity contribution < 1.29 is 0 Å². The van der Waals surface area contributed by atoms with Gasteiger partial charge in [0.05, 0.1) is 11.6 Å². The van der Waals surface area contributed by atoms with Crippen molar-refractivity contribution in [2.24, 2.45) is 11.3 Å². The molecule has 2 fully saturated rings. The van der Waals surface area contributed by atoms with E-state index in [1.165, 1.54) is 56.3 Å². The van der Waals surface area contributed by atoms with Gasteiger partial charge in [0.15, 0.2) is 0 Å². The van der Waals surface area contributed by atoms with Gasteiger partial charge in [-0.2, -0.15) is 5.26 Å². The fourth-order valence-electron chi connectivity index (χ4n) is 5.10. The predicted molar refractivity (Wildman–Crippen MR) is 119 cm³/mol. The van der Waals surface area contributed by atoms with Crippen LogP contribution in [0.15, 0.2) is 18.2 Å². The first kappa shape index (κ1) is 21.2. The van der Waals surface area contributed by atoms with Crippen molar-refractivity contribution in [3.63, 3.8) is 0 Å². The summed E-state index contributed by atoms with van der Waals surface area (Å²) in [5.74, 6) is 1.49. The van der Waals surface area contributed by atoms with Crippen molar-refractivity contribution in [1.29, 1.82) is 5.26 Å². The van der Waals surface area contributed by atoms with E-state index < -0.39 is 0 Å². The summed E-state index contributed by atoms with van der Waals surface area (Å²) in [6.45, 7) is 15.1. The molecule has 1 saturated heterocycles. The zero-order chi connectivity index (χ0) is 20.1. The van der Waals surface area contributed by atoms with Crippen molar-refractivity contribution in [2.45, 2.75) is 72.1 Å². The lowest BCUT2D eigenvalue weighted by Crippen LogP contribution is -2.47. The molecule has 28 heavy (non-hydrogen) atoms. The van der Waals surface area contributed by atoms with Gasteiger partial charge in [-0.3, -0.25) is 4.90 Å². The predicted octanol–water partition coefficient (Wildman–Crippen LogP) is 5.80. The summed E-state index contributed by atoms with van der Waals surface area (Å²) in [6.07, 6.45) is 7.81. The Labute approximate surface area is 172 Å². The van der Waals surface area contributed by atoms with Crippen LogP contribution in [-0.4, -0.2) is 37.6 Å². The Balaban J connectivity index is 1.72. The third-order valence-electron chi connectivity index (χ3n) is 7.09. The van der Waals surface area contributed by atoms with E-state index in [4.69, 9.17) is 0 Å². The van der Waals surface area contributed by atoms with Crippen molar-refractivity contribution in [1.82, 2.24) is 4.90 Å². The lowest BCUT2D eigenvalue weighted by molar-refractivity contribution is 0.169. The molecule has 1 aromatic rings. The first-order valence-corrected chi connectivity index (χ1v) is 11.4. The second kappa shape index (κ2) is 9.31. The molecule has 0 radical (unpaired) electrons. The van der Waals surface area contributed by atoms with E-state index in [-0.39, 0.29) is 0 Å². The average Bonchev–Trinajstić information content (AvgIpc) is 2.71. The molecule has 1 aliphatic heterocycles. The monoisotopic (exact) mass is 381 g/mol. The Morgan fingerprint density at radius 3 is 2.29 bits per heavy atom. The van der Waals surface area contributed by atoms with Crippen LogP contribution < -0.4 is 4.90 Å². The van der Waals surface area contributed by atoms with Crippen LogP contribution >= 0.6 is 0 Å². The number of nitrogens with zero attached hydrogens (tertiary/aromatic N) is 3. The fraction of sp³-hybridized carbons (Fsp3) is 0.720. The summed E-state index contributed by atoms with van der Waals surface area (Å²) in [5, 5.41) is 9.45. The van der Waals surface area contributed by atoms with Gasteiger partial charge in [0.2, 0.25) is 0 Å². The van der Waals surface area contributed by atoms with Crippen LogP contribution in [0.1, 0.15) is 83.3 Å². The molecule has 1 heterocycles. The Bertz CT molecular complexity index is 666. The highest BCUT2D eigenvalue weighted by atomic mass is 15.3. The number of hydrogen-bond donors (Lipinski definition) is 0. The van der Waals surface area contributed by atoms with Gasteiger partial charge in [0.1, 0.15) is 0 Å². The second-order valence-corrected chi connectivity index (χ2v) is 9.98. The van der Waals surface area contributed by atoms with Gasteiger partial charge in [0, 0.05) is 31.9 Å². The van der Waals surface area contributed by atoms with Crippen molar-refractivity contribution in [3.8, 4) is 6.07 Å². The summed E-state index contributed by atoms with van der Waals surface area (Å²) < 4.78 is 0. The van der Waals surface area contributed by atoms with Gasteiger partial charge in [-0.1, -0.05) is 40.2 Å². The first-order valence-electron chi connectivity index (χ1n) is 11.4. The lowest BCUT2D eigenvalue weighted by Gasteiger charge is -2.40. The van der Waals surface area contributed by atoms with Crippen LogP contribution in [0.3, 0.4) is 0 Å². The largest absolute Gasteiger partial charge is 0.369 e. The van der Waals surface area contributed by atoms with Gasteiger partial charge in [-0.05, 0) is 73.6 Å². The molecule has 1 aromatic carbocycles. The molecule has 3 rings (SSSR count). The third kappa shape index (κ3) is 5.09. The Kier molecular flexibility index (Phi) is 7.05. The van der Waals surface area contributed by atoms with E-state index in [1.54, 1.807) is 0 Å². The number of hydrogen-bond acceptors (Lipinski definition) is 3. The Morgan fingerprint density at radius 1 is 1.04 bits per heavy atom. The molecule has 0 aromatic heterocycles. The summed E-state index contributed by atoms with van der Waals surface area (Å²) in [4.78, 5) is 5.15. The molecule has 1 aliphatic carbocycles. The minimum atomic E-state index is 0.424. The highest BCUT2D eigenvalue weighted by Crippen LogP contribution is 2.45. The van der Waals surface area contributed by atoms with E-state index in [1.807, 2.05) is 6.07 Å². The maximum Gasteiger partial charge on any atom is 0.0992 e. The highest BCUT2D eigenvalue weighted by Gasteiger charge is 2.32. The molecule has 0 amide bonds. The zero-order valence-electron chi connectivity index (χ0n) is 18.5. The van der Waals surface area contributed by atoms with E-state index in [0.29, 0.717) is 11.3 Å². The first-order chi connectivity index (χ1) is 13.4. The molecule has 0 spiro atoms. The molecule has 0 bridgehead atoms. The lowest BCUT2D eigenvalue weighted by atomic mass is 9.68. The summed E-state index contributed by atoms with van der Waals surface area (Å²) in [5.41, 5.74) is 4.06. The molecule has 1 saturated carbocycles. The number of anilines is 1. The zero-order valence-corrected chi connectivity index (χ0v) is 18.5. The van der Waals surface area contributed by atoms with Crippen LogP contribution in [0.25, 0.3) is 0 Å². The number of benzene rings is 1.